The van der Waals surface area contributed by atoms with E-state index in [9.17, 15) is 15.0 Å². The molecule has 0 aliphatic carbocycles. The highest BCUT2D eigenvalue weighted by molar-refractivity contribution is 6.09. The monoisotopic (exact) mass is 330 g/mol. The topological polar surface area (TPSA) is 85.2 Å². The standard InChI is InChI=1S/C18H18O6/c1-22-15-9-5-11(10-16(15)23-2)4-7-13(19)12-6-8-14(20)18(24-3)17(12)21/h4-10,20-21H,1-3H3/b7-4+. The van der Waals surface area contributed by atoms with Gasteiger partial charge in [-0.25, -0.2) is 0 Å². The van der Waals surface area contributed by atoms with Crippen molar-refractivity contribution in [2.75, 3.05) is 21.3 Å². The van der Waals surface area contributed by atoms with E-state index in [1.165, 1.54) is 39.5 Å². The van der Waals surface area contributed by atoms with Crippen LogP contribution in [0.4, 0.5) is 0 Å². The zero-order valence-corrected chi connectivity index (χ0v) is 13.6. The summed E-state index contributed by atoms with van der Waals surface area (Å²) >= 11 is 0. The van der Waals surface area contributed by atoms with Crippen molar-refractivity contribution >= 4 is 11.9 Å². The fourth-order valence-corrected chi connectivity index (χ4v) is 2.18. The molecule has 0 aromatic heterocycles. The van der Waals surface area contributed by atoms with Crippen molar-refractivity contribution in [2.45, 2.75) is 0 Å². The van der Waals surface area contributed by atoms with Crippen LogP contribution in [0.2, 0.25) is 0 Å². The lowest BCUT2D eigenvalue weighted by atomic mass is 10.1. The summed E-state index contributed by atoms with van der Waals surface area (Å²) in [5.74, 6) is -0.0843. The fourth-order valence-electron chi connectivity index (χ4n) is 2.18. The van der Waals surface area contributed by atoms with Gasteiger partial charge in [-0.05, 0) is 35.9 Å². The van der Waals surface area contributed by atoms with E-state index in [-0.39, 0.29) is 17.1 Å². The molecule has 2 N–H and O–H groups in total. The highest BCUT2D eigenvalue weighted by atomic mass is 16.5. The maximum atomic E-state index is 12.3. The van der Waals surface area contributed by atoms with E-state index in [0.29, 0.717) is 11.5 Å². The highest BCUT2D eigenvalue weighted by Crippen LogP contribution is 2.38. The van der Waals surface area contributed by atoms with Gasteiger partial charge in [-0.3, -0.25) is 4.79 Å². The van der Waals surface area contributed by atoms with Crippen LogP contribution in [0.25, 0.3) is 6.08 Å². The molecule has 0 heterocycles. The summed E-state index contributed by atoms with van der Waals surface area (Å²) in [4.78, 5) is 12.3. The maximum absolute atomic E-state index is 12.3. The summed E-state index contributed by atoms with van der Waals surface area (Å²) in [5.41, 5.74) is 0.757. The molecule has 0 aliphatic heterocycles. The van der Waals surface area contributed by atoms with E-state index < -0.39 is 11.5 Å². The number of allylic oxidation sites excluding steroid dienone is 1. The predicted molar refractivity (Wildman–Crippen MR) is 89.2 cm³/mol. The van der Waals surface area contributed by atoms with Gasteiger partial charge in [0.1, 0.15) is 0 Å². The average Bonchev–Trinajstić information content (AvgIpc) is 2.59. The number of carbonyl (C=O) groups is 1. The normalized spacial score (nSPS) is 10.6. The minimum absolute atomic E-state index is 0.0291. The average molecular weight is 330 g/mol. The number of methoxy groups -OCH3 is 3. The van der Waals surface area contributed by atoms with Gasteiger partial charge in [-0.15, -0.1) is 0 Å². The molecule has 6 nitrogen and oxygen atoms in total. The van der Waals surface area contributed by atoms with E-state index in [2.05, 4.69) is 0 Å². The molecular formula is C18H18O6. The number of phenolic OH excluding ortho intramolecular Hbond substituents is 2. The first-order chi connectivity index (χ1) is 11.5. The molecule has 2 aromatic rings. The number of benzene rings is 2. The van der Waals surface area contributed by atoms with Gasteiger partial charge < -0.3 is 24.4 Å². The van der Waals surface area contributed by atoms with Crippen LogP contribution in [0.1, 0.15) is 15.9 Å². The van der Waals surface area contributed by atoms with Gasteiger partial charge in [-0.1, -0.05) is 12.1 Å². The third-order valence-electron chi connectivity index (χ3n) is 3.42. The third-order valence-corrected chi connectivity index (χ3v) is 3.42. The molecule has 2 aromatic carbocycles. The smallest absolute Gasteiger partial charge is 0.203 e. The first kappa shape index (κ1) is 17.2. The third kappa shape index (κ3) is 3.43. The van der Waals surface area contributed by atoms with E-state index in [1.54, 1.807) is 24.3 Å². The number of ether oxygens (including phenoxy) is 3. The van der Waals surface area contributed by atoms with Gasteiger partial charge in [0.05, 0.1) is 26.9 Å². The zero-order chi connectivity index (χ0) is 17.7. The molecule has 2 rings (SSSR count). The van der Waals surface area contributed by atoms with E-state index >= 15 is 0 Å². The molecule has 24 heavy (non-hydrogen) atoms. The largest absolute Gasteiger partial charge is 0.504 e. The van der Waals surface area contributed by atoms with Crippen LogP contribution >= 0.6 is 0 Å². The molecule has 0 spiro atoms. The number of hydrogen-bond acceptors (Lipinski definition) is 6. The summed E-state index contributed by atoms with van der Waals surface area (Å²) in [6.45, 7) is 0. The Morgan fingerprint density at radius 1 is 0.958 bits per heavy atom. The fraction of sp³-hybridized carbons (Fsp3) is 0.167. The van der Waals surface area contributed by atoms with Crippen LogP contribution in [0, 0.1) is 0 Å². The number of phenols is 2. The quantitative estimate of drug-likeness (QED) is 0.625. The number of ketones is 1. The molecule has 0 atom stereocenters. The van der Waals surface area contributed by atoms with Crippen molar-refractivity contribution in [3.8, 4) is 28.7 Å². The summed E-state index contributed by atoms with van der Waals surface area (Å²) in [6.07, 6.45) is 2.90. The van der Waals surface area contributed by atoms with Gasteiger partial charge in [0.2, 0.25) is 5.75 Å². The Morgan fingerprint density at radius 3 is 2.29 bits per heavy atom. The Balaban J connectivity index is 2.28. The second-order valence-electron chi connectivity index (χ2n) is 4.83. The van der Waals surface area contributed by atoms with Crippen molar-refractivity contribution < 1.29 is 29.2 Å². The molecular weight excluding hydrogens is 312 g/mol. The zero-order valence-electron chi connectivity index (χ0n) is 13.6. The van der Waals surface area contributed by atoms with Crippen LogP contribution in [0.15, 0.2) is 36.4 Å². The highest BCUT2D eigenvalue weighted by Gasteiger charge is 2.16. The Bertz CT molecular complexity index is 779. The van der Waals surface area contributed by atoms with Gasteiger partial charge in [0.15, 0.2) is 28.8 Å². The van der Waals surface area contributed by atoms with Gasteiger partial charge in [-0.2, -0.15) is 0 Å². The lowest BCUT2D eigenvalue weighted by Gasteiger charge is -2.09. The summed E-state index contributed by atoms with van der Waals surface area (Å²) in [7, 11) is 4.36. The first-order valence-corrected chi connectivity index (χ1v) is 7.05. The van der Waals surface area contributed by atoms with Crippen LogP contribution in [0.5, 0.6) is 28.7 Å². The molecule has 0 saturated heterocycles. The number of carbonyl (C=O) groups excluding carboxylic acids is 1. The molecule has 0 amide bonds. The summed E-state index contributed by atoms with van der Waals surface area (Å²) in [6, 6.07) is 7.83. The number of rotatable bonds is 6. The van der Waals surface area contributed by atoms with E-state index in [4.69, 9.17) is 14.2 Å². The molecule has 6 heteroatoms. The SMILES string of the molecule is COc1ccc(/C=C/C(=O)c2ccc(O)c(OC)c2O)cc1OC. The molecule has 126 valence electrons. The molecule has 0 radical (unpaired) electrons. The Hall–Kier alpha value is -3.15. The second kappa shape index (κ2) is 7.41. The van der Waals surface area contributed by atoms with Gasteiger partial charge in [0, 0.05) is 0 Å². The van der Waals surface area contributed by atoms with Crippen molar-refractivity contribution in [1.82, 2.24) is 0 Å². The van der Waals surface area contributed by atoms with Crippen LogP contribution < -0.4 is 14.2 Å². The van der Waals surface area contributed by atoms with Crippen LogP contribution in [-0.4, -0.2) is 37.3 Å². The molecule has 0 aliphatic rings. The maximum Gasteiger partial charge on any atom is 0.203 e. The lowest BCUT2D eigenvalue weighted by molar-refractivity contribution is 0.104. The van der Waals surface area contributed by atoms with Crippen molar-refractivity contribution in [1.29, 1.82) is 0 Å². The van der Waals surface area contributed by atoms with Crippen molar-refractivity contribution in [3.63, 3.8) is 0 Å². The minimum Gasteiger partial charge on any atom is -0.504 e. The van der Waals surface area contributed by atoms with E-state index in [1.807, 2.05) is 0 Å². The second-order valence-corrected chi connectivity index (χ2v) is 4.83. The lowest BCUT2D eigenvalue weighted by Crippen LogP contribution is -1.97. The van der Waals surface area contributed by atoms with E-state index in [0.717, 1.165) is 5.56 Å². The Morgan fingerprint density at radius 2 is 1.67 bits per heavy atom. The number of hydrogen-bond donors (Lipinski definition) is 2. The Labute approximate surface area is 139 Å². The molecule has 0 saturated carbocycles. The van der Waals surface area contributed by atoms with Gasteiger partial charge >= 0.3 is 0 Å². The Kier molecular flexibility index (Phi) is 5.31. The van der Waals surface area contributed by atoms with Crippen molar-refractivity contribution in [2.24, 2.45) is 0 Å². The molecule has 0 unspecified atom stereocenters. The first-order valence-electron chi connectivity index (χ1n) is 7.05. The summed E-state index contributed by atoms with van der Waals surface area (Å²) in [5, 5.41) is 19.6. The number of aromatic hydroxyl groups is 2. The molecule has 0 fully saturated rings. The predicted octanol–water partition coefficient (Wildman–Crippen LogP) is 3.02. The van der Waals surface area contributed by atoms with Crippen molar-refractivity contribution in [3.05, 3.63) is 47.5 Å². The van der Waals surface area contributed by atoms with Crippen LogP contribution in [-0.2, 0) is 0 Å². The summed E-state index contributed by atoms with van der Waals surface area (Å²) < 4.78 is 15.2. The van der Waals surface area contributed by atoms with Gasteiger partial charge in [0.25, 0.3) is 0 Å². The minimum atomic E-state index is -0.430. The molecule has 0 bridgehead atoms. The van der Waals surface area contributed by atoms with Crippen LogP contribution in [0.3, 0.4) is 0 Å².